The number of rotatable bonds is 7. The van der Waals surface area contributed by atoms with Crippen LogP contribution in [0.4, 0.5) is 5.69 Å². The number of benzene rings is 2. The number of nitrogens with zero attached hydrogens (tertiary/aromatic N) is 2. The number of oxazole rings is 1. The molecule has 3 rings (SSSR count). The molecule has 0 aliphatic carbocycles. The number of nitrogens with one attached hydrogen (secondary N) is 1. The fourth-order valence-corrected chi connectivity index (χ4v) is 3.14. The second-order valence-corrected chi connectivity index (χ2v) is 7.69. The third-order valence-electron chi connectivity index (χ3n) is 4.19. The highest BCUT2D eigenvalue weighted by Gasteiger charge is 2.15. The van der Waals surface area contributed by atoms with Crippen molar-refractivity contribution in [3.63, 3.8) is 0 Å². The maximum Gasteiger partial charge on any atom is 0.244 e. The van der Waals surface area contributed by atoms with Gasteiger partial charge in [-0.3, -0.25) is 9.59 Å². The third-order valence-corrected chi connectivity index (χ3v) is 5.13. The number of carbonyl (C=O) groups excluding carboxylic acids is 2. The smallest absolute Gasteiger partial charge is 0.244 e. The van der Waals surface area contributed by atoms with Crippen LogP contribution in [0.5, 0.6) is 0 Å². The minimum atomic E-state index is -0.270. The third kappa shape index (κ3) is 5.92. The summed E-state index contributed by atoms with van der Waals surface area (Å²) in [6.45, 7) is -0.0399. The van der Waals surface area contributed by atoms with E-state index in [0.717, 1.165) is 10.0 Å². The van der Waals surface area contributed by atoms with Crippen LogP contribution >= 0.6 is 27.5 Å². The van der Waals surface area contributed by atoms with Crippen molar-refractivity contribution in [1.82, 2.24) is 9.88 Å². The molecule has 0 radical (unpaired) electrons. The molecule has 6 nitrogen and oxygen atoms in total. The molecule has 150 valence electrons. The minimum absolute atomic E-state index is 0.0399. The zero-order chi connectivity index (χ0) is 20.8. The lowest BCUT2D eigenvalue weighted by atomic mass is 10.2. The Labute approximate surface area is 182 Å². The first kappa shape index (κ1) is 21.1. The van der Waals surface area contributed by atoms with Gasteiger partial charge in [-0.1, -0.05) is 23.7 Å². The molecule has 0 fully saturated rings. The second kappa shape index (κ2) is 9.71. The first-order valence-corrected chi connectivity index (χ1v) is 10.1. The predicted octanol–water partition coefficient (Wildman–Crippen LogP) is 4.79. The Morgan fingerprint density at radius 1 is 1.17 bits per heavy atom. The molecule has 0 aliphatic heterocycles. The lowest BCUT2D eigenvalue weighted by Crippen LogP contribution is -2.35. The van der Waals surface area contributed by atoms with Crippen molar-refractivity contribution in [3.8, 4) is 11.3 Å². The van der Waals surface area contributed by atoms with Crippen LogP contribution in [0.15, 0.2) is 63.6 Å². The van der Waals surface area contributed by atoms with Gasteiger partial charge in [-0.05, 0) is 52.3 Å². The first-order valence-electron chi connectivity index (χ1n) is 8.91. The number of para-hydroxylation sites is 1. The zero-order valence-corrected chi connectivity index (χ0v) is 18.0. The molecule has 2 amide bonds. The van der Waals surface area contributed by atoms with Crippen molar-refractivity contribution in [2.24, 2.45) is 0 Å². The second-order valence-electron chi connectivity index (χ2n) is 6.40. The largest absolute Gasteiger partial charge is 0.441 e. The van der Waals surface area contributed by atoms with E-state index in [1.165, 1.54) is 4.90 Å². The SMILES string of the molecule is CN(CC(=O)Nc1ccccc1Br)C(=O)CCc1ncc(-c2ccc(Cl)cc2)o1. The summed E-state index contributed by atoms with van der Waals surface area (Å²) in [5, 5.41) is 3.42. The minimum Gasteiger partial charge on any atom is -0.441 e. The van der Waals surface area contributed by atoms with Gasteiger partial charge in [0.1, 0.15) is 0 Å². The number of halogens is 2. The molecule has 8 heteroatoms. The van der Waals surface area contributed by atoms with Gasteiger partial charge in [-0.15, -0.1) is 0 Å². The summed E-state index contributed by atoms with van der Waals surface area (Å²) in [4.78, 5) is 30.1. The number of carbonyl (C=O) groups is 2. The molecule has 3 aromatic rings. The van der Waals surface area contributed by atoms with E-state index >= 15 is 0 Å². The van der Waals surface area contributed by atoms with Gasteiger partial charge in [0, 0.05) is 34.9 Å². The standard InChI is InChI=1S/C21H19BrClN3O3/c1-26(13-19(27)25-17-5-3-2-4-16(17)22)21(28)11-10-20-24-12-18(29-20)14-6-8-15(23)9-7-14/h2-9,12H,10-11,13H2,1H3,(H,25,27). The molecule has 29 heavy (non-hydrogen) atoms. The fourth-order valence-electron chi connectivity index (χ4n) is 2.63. The van der Waals surface area contributed by atoms with Gasteiger partial charge >= 0.3 is 0 Å². The van der Waals surface area contributed by atoms with Crippen LogP contribution in [-0.2, 0) is 16.0 Å². The number of likely N-dealkylation sites (N-methyl/N-ethyl adjacent to an activating group) is 1. The van der Waals surface area contributed by atoms with Gasteiger partial charge in [-0.2, -0.15) is 0 Å². The number of hydrogen-bond donors (Lipinski definition) is 1. The summed E-state index contributed by atoms with van der Waals surface area (Å²) in [5.41, 5.74) is 1.52. The van der Waals surface area contributed by atoms with Crippen LogP contribution in [0.25, 0.3) is 11.3 Å². The van der Waals surface area contributed by atoms with Crippen molar-refractivity contribution in [3.05, 3.63) is 70.1 Å². The number of anilines is 1. The molecule has 0 saturated heterocycles. The summed E-state index contributed by atoms with van der Waals surface area (Å²) in [6.07, 6.45) is 2.17. The van der Waals surface area contributed by atoms with Gasteiger partial charge < -0.3 is 14.6 Å². The summed E-state index contributed by atoms with van der Waals surface area (Å²) >= 11 is 9.26. The Kier molecular flexibility index (Phi) is 7.06. The maximum atomic E-state index is 12.3. The highest BCUT2D eigenvalue weighted by molar-refractivity contribution is 9.10. The molecule has 0 unspecified atom stereocenters. The van der Waals surface area contributed by atoms with Gasteiger partial charge in [0.05, 0.1) is 18.4 Å². The maximum absolute atomic E-state index is 12.3. The van der Waals surface area contributed by atoms with E-state index in [1.807, 2.05) is 30.3 Å². The Hall–Kier alpha value is -2.64. The number of aromatic nitrogens is 1. The van der Waals surface area contributed by atoms with Crippen LogP contribution in [0, 0.1) is 0 Å². The van der Waals surface area contributed by atoms with Crippen LogP contribution in [0.2, 0.25) is 5.02 Å². The van der Waals surface area contributed by atoms with E-state index in [1.54, 1.807) is 31.4 Å². The summed E-state index contributed by atoms with van der Waals surface area (Å²) in [7, 11) is 1.59. The number of amides is 2. The van der Waals surface area contributed by atoms with Crippen molar-refractivity contribution < 1.29 is 14.0 Å². The first-order chi connectivity index (χ1) is 13.9. The summed E-state index contributed by atoms with van der Waals surface area (Å²) in [5.74, 6) is 0.645. The highest BCUT2D eigenvalue weighted by Crippen LogP contribution is 2.23. The van der Waals surface area contributed by atoms with E-state index in [2.05, 4.69) is 26.2 Å². The monoisotopic (exact) mass is 475 g/mol. The zero-order valence-electron chi connectivity index (χ0n) is 15.7. The van der Waals surface area contributed by atoms with E-state index in [0.29, 0.717) is 28.8 Å². The Bertz CT molecular complexity index is 1000. The van der Waals surface area contributed by atoms with Crippen LogP contribution in [-0.4, -0.2) is 35.3 Å². The Morgan fingerprint density at radius 3 is 2.62 bits per heavy atom. The summed E-state index contributed by atoms with van der Waals surface area (Å²) in [6, 6.07) is 14.5. The van der Waals surface area contributed by atoms with Crippen LogP contribution in [0.1, 0.15) is 12.3 Å². The molecule has 2 aromatic carbocycles. The molecule has 1 heterocycles. The van der Waals surface area contributed by atoms with Gasteiger partial charge in [-0.25, -0.2) is 4.98 Å². The highest BCUT2D eigenvalue weighted by atomic mass is 79.9. The predicted molar refractivity (Wildman–Crippen MR) is 116 cm³/mol. The normalized spacial score (nSPS) is 10.6. The van der Waals surface area contributed by atoms with Crippen LogP contribution < -0.4 is 5.32 Å². The van der Waals surface area contributed by atoms with Crippen molar-refractivity contribution in [2.75, 3.05) is 18.9 Å². The molecular formula is C21H19BrClN3O3. The lowest BCUT2D eigenvalue weighted by Gasteiger charge is -2.16. The number of hydrogen-bond acceptors (Lipinski definition) is 4. The molecule has 0 saturated carbocycles. The lowest BCUT2D eigenvalue weighted by molar-refractivity contribution is -0.133. The summed E-state index contributed by atoms with van der Waals surface area (Å²) < 4.78 is 6.48. The van der Waals surface area contributed by atoms with Crippen molar-refractivity contribution >= 4 is 45.0 Å². The average Bonchev–Trinajstić information content (AvgIpc) is 3.17. The van der Waals surface area contributed by atoms with E-state index in [-0.39, 0.29) is 24.8 Å². The number of aryl methyl sites for hydroxylation is 1. The fraction of sp³-hybridized carbons (Fsp3) is 0.190. The van der Waals surface area contributed by atoms with Crippen molar-refractivity contribution in [1.29, 1.82) is 0 Å². The molecule has 1 aromatic heterocycles. The molecule has 1 N–H and O–H groups in total. The molecule has 0 bridgehead atoms. The van der Waals surface area contributed by atoms with E-state index in [4.69, 9.17) is 16.0 Å². The Balaban J connectivity index is 1.49. The van der Waals surface area contributed by atoms with Crippen molar-refractivity contribution in [2.45, 2.75) is 12.8 Å². The molecule has 0 aliphatic rings. The quantitative estimate of drug-likeness (QED) is 0.532. The van der Waals surface area contributed by atoms with Gasteiger partial charge in [0.15, 0.2) is 11.7 Å². The molecular weight excluding hydrogens is 458 g/mol. The van der Waals surface area contributed by atoms with Crippen LogP contribution in [0.3, 0.4) is 0 Å². The average molecular weight is 477 g/mol. The van der Waals surface area contributed by atoms with Gasteiger partial charge in [0.25, 0.3) is 0 Å². The molecule has 0 spiro atoms. The Morgan fingerprint density at radius 2 is 1.90 bits per heavy atom. The van der Waals surface area contributed by atoms with Gasteiger partial charge in [0.2, 0.25) is 11.8 Å². The van der Waals surface area contributed by atoms with E-state index in [9.17, 15) is 9.59 Å². The van der Waals surface area contributed by atoms with E-state index < -0.39 is 0 Å². The molecule has 0 atom stereocenters. The topological polar surface area (TPSA) is 75.4 Å².